The molecule has 86 valence electrons. The summed E-state index contributed by atoms with van der Waals surface area (Å²) in [7, 11) is 0. The maximum Gasteiger partial charge on any atom is 0.161 e. The molecule has 0 saturated heterocycles. The van der Waals surface area contributed by atoms with Gasteiger partial charge in [-0.05, 0) is 12.1 Å². The highest BCUT2D eigenvalue weighted by Crippen LogP contribution is 2.27. The van der Waals surface area contributed by atoms with E-state index in [-0.39, 0.29) is 5.75 Å². The Kier molecular flexibility index (Phi) is 2.19. The lowest BCUT2D eigenvalue weighted by atomic mass is 10.2. The molecule has 0 saturated carbocycles. The van der Waals surface area contributed by atoms with E-state index in [1.54, 1.807) is 18.2 Å². The van der Waals surface area contributed by atoms with Gasteiger partial charge in [-0.25, -0.2) is 9.97 Å². The molecule has 0 spiro atoms. The number of nitrogens with two attached hydrogens (primary N) is 1. The Morgan fingerprint density at radius 3 is 2.94 bits per heavy atom. The first kappa shape index (κ1) is 10.0. The summed E-state index contributed by atoms with van der Waals surface area (Å²) in [5.74, 6) is 1.15. The van der Waals surface area contributed by atoms with Crippen LogP contribution in [0.15, 0.2) is 24.3 Å². The van der Waals surface area contributed by atoms with Crippen LogP contribution in [0.2, 0.25) is 0 Å². The van der Waals surface area contributed by atoms with E-state index in [2.05, 4.69) is 9.97 Å². The molecule has 1 aromatic carbocycles. The van der Waals surface area contributed by atoms with Gasteiger partial charge >= 0.3 is 0 Å². The first-order valence-corrected chi connectivity index (χ1v) is 5.26. The zero-order chi connectivity index (χ0) is 11.8. The maximum atomic E-state index is 9.43. The number of phenolic OH excluding ortho intramolecular Hbond substituents is 1. The summed E-state index contributed by atoms with van der Waals surface area (Å²) in [5.41, 5.74) is 8.30. The van der Waals surface area contributed by atoms with Gasteiger partial charge in [-0.2, -0.15) is 0 Å². The van der Waals surface area contributed by atoms with Crippen molar-refractivity contribution in [2.75, 3.05) is 5.73 Å². The van der Waals surface area contributed by atoms with Gasteiger partial charge in [0.25, 0.3) is 0 Å². The van der Waals surface area contributed by atoms with Gasteiger partial charge in [0.05, 0.1) is 18.9 Å². The second kappa shape index (κ2) is 3.71. The van der Waals surface area contributed by atoms with Gasteiger partial charge in [0.15, 0.2) is 5.82 Å². The lowest BCUT2D eigenvalue weighted by Gasteiger charge is -2.05. The van der Waals surface area contributed by atoms with Crippen LogP contribution in [-0.2, 0) is 18.0 Å². The fraction of sp³-hybridized carbons (Fsp3) is 0.167. The van der Waals surface area contributed by atoms with Gasteiger partial charge in [-0.3, -0.25) is 0 Å². The van der Waals surface area contributed by atoms with Crippen LogP contribution >= 0.6 is 0 Å². The van der Waals surface area contributed by atoms with Crippen LogP contribution in [0.5, 0.6) is 5.75 Å². The molecule has 0 fully saturated rings. The Bertz CT molecular complexity index is 584. The van der Waals surface area contributed by atoms with Gasteiger partial charge in [0, 0.05) is 11.1 Å². The number of nitrogens with zero attached hydrogens (tertiary/aromatic N) is 2. The number of ether oxygens (including phenoxy) is 1. The molecule has 0 aliphatic carbocycles. The predicted molar refractivity (Wildman–Crippen MR) is 62.0 cm³/mol. The molecule has 0 bridgehead atoms. The zero-order valence-electron chi connectivity index (χ0n) is 9.05. The van der Waals surface area contributed by atoms with Crippen LogP contribution < -0.4 is 5.73 Å². The van der Waals surface area contributed by atoms with E-state index in [4.69, 9.17) is 10.5 Å². The van der Waals surface area contributed by atoms with Crippen LogP contribution in [-0.4, -0.2) is 15.1 Å². The molecule has 1 aliphatic heterocycles. The molecule has 3 rings (SSSR count). The number of aromatic hydroxyl groups is 1. The molecule has 2 heterocycles. The Balaban J connectivity index is 2.13. The van der Waals surface area contributed by atoms with E-state index < -0.39 is 0 Å². The molecule has 17 heavy (non-hydrogen) atoms. The molecule has 0 radical (unpaired) electrons. The van der Waals surface area contributed by atoms with Crippen molar-refractivity contribution >= 4 is 5.82 Å². The number of aromatic nitrogens is 2. The summed E-state index contributed by atoms with van der Waals surface area (Å²) >= 11 is 0. The summed E-state index contributed by atoms with van der Waals surface area (Å²) < 4.78 is 5.28. The topological polar surface area (TPSA) is 81.3 Å². The van der Waals surface area contributed by atoms with Crippen LogP contribution in [0.1, 0.15) is 11.3 Å². The van der Waals surface area contributed by atoms with E-state index in [1.165, 1.54) is 0 Å². The van der Waals surface area contributed by atoms with Crippen LogP contribution in [0.3, 0.4) is 0 Å². The first-order chi connectivity index (χ1) is 8.24. The smallest absolute Gasteiger partial charge is 0.161 e. The number of hydrogen-bond donors (Lipinski definition) is 2. The summed E-state index contributed by atoms with van der Waals surface area (Å²) in [6.45, 7) is 0.940. The van der Waals surface area contributed by atoms with Gasteiger partial charge < -0.3 is 15.6 Å². The third-order valence-electron chi connectivity index (χ3n) is 2.71. The number of fused-ring (bicyclic) bond motifs is 1. The predicted octanol–water partition coefficient (Wildman–Crippen LogP) is 1.46. The molecule has 1 aliphatic rings. The number of hydrogen-bond acceptors (Lipinski definition) is 5. The molecule has 5 nitrogen and oxygen atoms in total. The number of anilines is 1. The summed E-state index contributed by atoms with van der Waals surface area (Å²) in [6, 6.07) is 6.78. The second-order valence-corrected chi connectivity index (χ2v) is 3.90. The van der Waals surface area contributed by atoms with Crippen molar-refractivity contribution in [3.05, 3.63) is 35.5 Å². The lowest BCUT2D eigenvalue weighted by molar-refractivity contribution is 0.133. The van der Waals surface area contributed by atoms with Crippen molar-refractivity contribution in [3.8, 4) is 17.1 Å². The second-order valence-electron chi connectivity index (χ2n) is 3.90. The summed E-state index contributed by atoms with van der Waals surface area (Å²) in [6.07, 6.45) is 0. The Labute approximate surface area is 97.9 Å². The molecule has 0 amide bonds. The number of benzene rings is 1. The molecule has 5 heteroatoms. The third-order valence-corrected chi connectivity index (χ3v) is 2.71. The van der Waals surface area contributed by atoms with Gasteiger partial charge in [0.2, 0.25) is 0 Å². The quantitative estimate of drug-likeness (QED) is 0.773. The molecule has 0 atom stereocenters. The summed E-state index contributed by atoms with van der Waals surface area (Å²) in [4.78, 5) is 8.63. The van der Waals surface area contributed by atoms with Crippen molar-refractivity contribution < 1.29 is 9.84 Å². The standard InChI is InChI=1S/C12H11N3O2/c13-11-9-5-17-6-10(9)14-12(15-11)7-2-1-3-8(16)4-7/h1-4,16H,5-6H2,(H2,13,14,15). The monoisotopic (exact) mass is 229 g/mol. The van der Waals surface area contributed by atoms with Crippen LogP contribution in [0, 0.1) is 0 Å². The molecule has 0 unspecified atom stereocenters. The van der Waals surface area contributed by atoms with Gasteiger partial charge in [0.1, 0.15) is 11.6 Å². The van der Waals surface area contributed by atoms with E-state index in [0.29, 0.717) is 24.9 Å². The number of phenols is 1. The van der Waals surface area contributed by atoms with Crippen molar-refractivity contribution in [1.29, 1.82) is 0 Å². The van der Waals surface area contributed by atoms with E-state index in [1.807, 2.05) is 6.07 Å². The number of nitrogen functional groups attached to an aromatic ring is 1. The molecule has 2 aromatic rings. The maximum absolute atomic E-state index is 9.43. The largest absolute Gasteiger partial charge is 0.508 e. The van der Waals surface area contributed by atoms with E-state index in [0.717, 1.165) is 16.8 Å². The minimum Gasteiger partial charge on any atom is -0.508 e. The minimum absolute atomic E-state index is 0.182. The highest BCUT2D eigenvalue weighted by molar-refractivity contribution is 5.60. The SMILES string of the molecule is Nc1nc(-c2cccc(O)c2)nc2c1COC2. The minimum atomic E-state index is 0.182. The first-order valence-electron chi connectivity index (χ1n) is 5.26. The molecule has 3 N–H and O–H groups in total. The van der Waals surface area contributed by atoms with Crippen molar-refractivity contribution in [2.45, 2.75) is 13.2 Å². The Morgan fingerprint density at radius 1 is 1.24 bits per heavy atom. The highest BCUT2D eigenvalue weighted by Gasteiger charge is 2.18. The van der Waals surface area contributed by atoms with Crippen molar-refractivity contribution in [3.63, 3.8) is 0 Å². The Hall–Kier alpha value is -2.14. The normalized spacial score (nSPS) is 13.6. The van der Waals surface area contributed by atoms with Crippen LogP contribution in [0.25, 0.3) is 11.4 Å². The molecular weight excluding hydrogens is 218 g/mol. The van der Waals surface area contributed by atoms with Gasteiger partial charge in [-0.15, -0.1) is 0 Å². The van der Waals surface area contributed by atoms with E-state index >= 15 is 0 Å². The number of rotatable bonds is 1. The van der Waals surface area contributed by atoms with Gasteiger partial charge in [-0.1, -0.05) is 12.1 Å². The average Bonchev–Trinajstić information content (AvgIpc) is 2.77. The van der Waals surface area contributed by atoms with E-state index in [9.17, 15) is 5.11 Å². The fourth-order valence-electron chi connectivity index (χ4n) is 1.85. The summed E-state index contributed by atoms with van der Waals surface area (Å²) in [5, 5.41) is 9.43. The zero-order valence-corrected chi connectivity index (χ0v) is 9.05. The van der Waals surface area contributed by atoms with Crippen molar-refractivity contribution in [1.82, 2.24) is 9.97 Å². The Morgan fingerprint density at radius 2 is 2.12 bits per heavy atom. The fourth-order valence-corrected chi connectivity index (χ4v) is 1.85. The lowest BCUT2D eigenvalue weighted by Crippen LogP contribution is -2.02. The highest BCUT2D eigenvalue weighted by atomic mass is 16.5. The molecule has 1 aromatic heterocycles. The molecular formula is C12H11N3O2. The van der Waals surface area contributed by atoms with Crippen LogP contribution in [0.4, 0.5) is 5.82 Å². The third kappa shape index (κ3) is 1.70. The van der Waals surface area contributed by atoms with Crippen molar-refractivity contribution in [2.24, 2.45) is 0 Å². The average molecular weight is 229 g/mol.